The maximum absolute atomic E-state index is 5.21. The van der Waals surface area contributed by atoms with Crippen molar-refractivity contribution in [2.45, 2.75) is 13.5 Å². The lowest BCUT2D eigenvalue weighted by molar-refractivity contribution is 0.412. The molecule has 90 valence electrons. The van der Waals surface area contributed by atoms with Crippen LogP contribution in [0.3, 0.4) is 0 Å². The van der Waals surface area contributed by atoms with E-state index in [1.54, 1.807) is 11.8 Å². The van der Waals surface area contributed by atoms with Crippen molar-refractivity contribution in [3.05, 3.63) is 35.7 Å². The molecular weight excluding hydrogens is 216 g/mol. The summed E-state index contributed by atoms with van der Waals surface area (Å²) in [6.07, 6.45) is 1.89. The number of hydrogen-bond acceptors (Lipinski definition) is 4. The first-order chi connectivity index (χ1) is 8.19. The molecule has 0 aliphatic rings. The largest absolute Gasteiger partial charge is 0.496 e. The monoisotopic (exact) mass is 232 g/mol. The molecule has 0 unspecified atom stereocenters. The van der Waals surface area contributed by atoms with Gasteiger partial charge in [0.05, 0.1) is 13.7 Å². The predicted molar refractivity (Wildman–Crippen MR) is 66.1 cm³/mol. The summed E-state index contributed by atoms with van der Waals surface area (Å²) in [6.45, 7) is 2.69. The molecule has 0 aliphatic heterocycles. The van der Waals surface area contributed by atoms with Crippen LogP contribution in [0.1, 0.15) is 11.3 Å². The summed E-state index contributed by atoms with van der Waals surface area (Å²) in [5.74, 6) is 0.898. The Balaban J connectivity index is 2.02. The Morgan fingerprint density at radius 1 is 1.41 bits per heavy atom. The van der Waals surface area contributed by atoms with E-state index in [9.17, 15) is 0 Å². The molecule has 0 radical (unpaired) electrons. The third kappa shape index (κ3) is 2.75. The molecule has 1 aromatic carbocycles. The molecule has 1 aromatic heterocycles. The fourth-order valence-corrected chi connectivity index (χ4v) is 1.66. The average molecular weight is 232 g/mol. The molecule has 2 rings (SSSR count). The lowest BCUT2D eigenvalue weighted by atomic mass is 10.2. The lowest BCUT2D eigenvalue weighted by Gasteiger charge is -2.08. The fraction of sp³-hybridized carbons (Fsp3) is 0.333. The Hall–Kier alpha value is -2.04. The van der Waals surface area contributed by atoms with E-state index in [2.05, 4.69) is 21.7 Å². The van der Waals surface area contributed by atoms with E-state index in [4.69, 9.17) is 4.74 Å². The van der Waals surface area contributed by atoms with Crippen LogP contribution in [-0.4, -0.2) is 22.1 Å². The standard InChI is InChI=1S/C12H16N4O/c1-9-6-10(4-5-12(9)17-3)13-7-11-8-16(2)15-14-11/h4-6,8,13H,7H2,1-3H3. The van der Waals surface area contributed by atoms with Crippen molar-refractivity contribution >= 4 is 5.69 Å². The zero-order chi connectivity index (χ0) is 12.3. The molecule has 0 saturated heterocycles. The highest BCUT2D eigenvalue weighted by atomic mass is 16.5. The Morgan fingerprint density at radius 2 is 2.24 bits per heavy atom. The Morgan fingerprint density at radius 3 is 2.82 bits per heavy atom. The maximum Gasteiger partial charge on any atom is 0.121 e. The van der Waals surface area contributed by atoms with Gasteiger partial charge < -0.3 is 10.1 Å². The normalized spacial score (nSPS) is 10.3. The van der Waals surface area contributed by atoms with E-state index >= 15 is 0 Å². The maximum atomic E-state index is 5.21. The van der Waals surface area contributed by atoms with Crippen molar-refractivity contribution in [3.63, 3.8) is 0 Å². The minimum Gasteiger partial charge on any atom is -0.496 e. The van der Waals surface area contributed by atoms with Crippen LogP contribution in [0.15, 0.2) is 24.4 Å². The second-order valence-corrected chi connectivity index (χ2v) is 3.92. The smallest absolute Gasteiger partial charge is 0.121 e. The molecule has 0 aliphatic carbocycles. The van der Waals surface area contributed by atoms with Crippen LogP contribution < -0.4 is 10.1 Å². The van der Waals surface area contributed by atoms with E-state index in [1.807, 2.05) is 32.3 Å². The summed E-state index contributed by atoms with van der Waals surface area (Å²) < 4.78 is 6.90. The minimum atomic E-state index is 0.666. The number of nitrogens with one attached hydrogen (secondary N) is 1. The van der Waals surface area contributed by atoms with Gasteiger partial charge in [0.25, 0.3) is 0 Å². The molecule has 0 bridgehead atoms. The third-order valence-corrected chi connectivity index (χ3v) is 2.52. The molecule has 5 nitrogen and oxygen atoms in total. The highest BCUT2D eigenvalue weighted by molar-refractivity contribution is 5.50. The summed E-state index contributed by atoms with van der Waals surface area (Å²) >= 11 is 0. The van der Waals surface area contributed by atoms with Gasteiger partial charge in [-0.15, -0.1) is 5.10 Å². The van der Waals surface area contributed by atoms with Crippen molar-refractivity contribution in [1.82, 2.24) is 15.0 Å². The zero-order valence-corrected chi connectivity index (χ0v) is 10.3. The highest BCUT2D eigenvalue weighted by Crippen LogP contribution is 2.21. The summed E-state index contributed by atoms with van der Waals surface area (Å²) in [6, 6.07) is 5.99. The van der Waals surface area contributed by atoms with Gasteiger partial charge in [-0.05, 0) is 30.7 Å². The SMILES string of the molecule is COc1ccc(NCc2cn(C)nn2)cc1C. The molecule has 1 N–H and O–H groups in total. The second kappa shape index (κ2) is 4.86. The van der Waals surface area contributed by atoms with Gasteiger partial charge in [0, 0.05) is 18.9 Å². The van der Waals surface area contributed by atoms with Gasteiger partial charge in [-0.25, -0.2) is 0 Å². The molecule has 5 heteroatoms. The number of anilines is 1. The first-order valence-electron chi connectivity index (χ1n) is 5.43. The van der Waals surface area contributed by atoms with E-state index in [0.717, 1.165) is 22.7 Å². The molecule has 2 aromatic rings. The number of aromatic nitrogens is 3. The van der Waals surface area contributed by atoms with E-state index in [-0.39, 0.29) is 0 Å². The first kappa shape index (κ1) is 11.4. The topological polar surface area (TPSA) is 52.0 Å². The van der Waals surface area contributed by atoms with Crippen molar-refractivity contribution < 1.29 is 4.74 Å². The minimum absolute atomic E-state index is 0.666. The second-order valence-electron chi connectivity index (χ2n) is 3.92. The highest BCUT2D eigenvalue weighted by Gasteiger charge is 2.01. The Bertz CT molecular complexity index is 507. The van der Waals surface area contributed by atoms with Crippen LogP contribution in [0.5, 0.6) is 5.75 Å². The summed E-state index contributed by atoms with van der Waals surface area (Å²) in [5, 5.41) is 11.2. The number of benzene rings is 1. The number of hydrogen-bond donors (Lipinski definition) is 1. The number of rotatable bonds is 4. The molecule has 0 saturated carbocycles. The summed E-state index contributed by atoms with van der Waals surface area (Å²) in [7, 11) is 3.53. The van der Waals surface area contributed by atoms with Crippen molar-refractivity contribution in [3.8, 4) is 5.75 Å². The summed E-state index contributed by atoms with van der Waals surface area (Å²) in [5.41, 5.74) is 3.08. The average Bonchev–Trinajstić information content (AvgIpc) is 2.73. The zero-order valence-electron chi connectivity index (χ0n) is 10.3. The molecule has 0 amide bonds. The number of nitrogens with zero attached hydrogens (tertiary/aromatic N) is 3. The van der Waals surface area contributed by atoms with Gasteiger partial charge in [-0.1, -0.05) is 5.21 Å². The van der Waals surface area contributed by atoms with Gasteiger partial charge in [0.15, 0.2) is 0 Å². The van der Waals surface area contributed by atoms with E-state index in [1.165, 1.54) is 0 Å². The van der Waals surface area contributed by atoms with E-state index in [0.29, 0.717) is 6.54 Å². The van der Waals surface area contributed by atoms with Gasteiger partial charge in [0.1, 0.15) is 11.4 Å². The van der Waals surface area contributed by atoms with E-state index < -0.39 is 0 Å². The van der Waals surface area contributed by atoms with Crippen LogP contribution in [0.25, 0.3) is 0 Å². The first-order valence-corrected chi connectivity index (χ1v) is 5.43. The van der Waals surface area contributed by atoms with Crippen molar-refractivity contribution in [2.24, 2.45) is 7.05 Å². The number of aryl methyl sites for hydroxylation is 2. The van der Waals surface area contributed by atoms with Gasteiger partial charge in [-0.3, -0.25) is 4.68 Å². The van der Waals surface area contributed by atoms with Crippen molar-refractivity contribution in [2.75, 3.05) is 12.4 Å². The number of methoxy groups -OCH3 is 1. The Kier molecular flexibility index (Phi) is 3.27. The van der Waals surface area contributed by atoms with Gasteiger partial charge >= 0.3 is 0 Å². The fourth-order valence-electron chi connectivity index (χ4n) is 1.66. The molecule has 1 heterocycles. The van der Waals surface area contributed by atoms with Crippen molar-refractivity contribution in [1.29, 1.82) is 0 Å². The van der Waals surface area contributed by atoms with Crippen LogP contribution >= 0.6 is 0 Å². The lowest BCUT2D eigenvalue weighted by Crippen LogP contribution is -2.00. The van der Waals surface area contributed by atoms with Crippen LogP contribution in [0.4, 0.5) is 5.69 Å². The quantitative estimate of drug-likeness (QED) is 0.872. The molecule has 0 fully saturated rings. The van der Waals surface area contributed by atoms with Gasteiger partial charge in [0.2, 0.25) is 0 Å². The predicted octanol–water partition coefficient (Wildman–Crippen LogP) is 1.74. The van der Waals surface area contributed by atoms with Gasteiger partial charge in [-0.2, -0.15) is 0 Å². The molecule has 0 atom stereocenters. The molecule has 17 heavy (non-hydrogen) atoms. The Labute approximate surface area is 100 Å². The van der Waals surface area contributed by atoms with Crippen LogP contribution in [-0.2, 0) is 13.6 Å². The molecular formula is C12H16N4O. The van der Waals surface area contributed by atoms with Crippen LogP contribution in [0.2, 0.25) is 0 Å². The van der Waals surface area contributed by atoms with Crippen LogP contribution in [0, 0.1) is 6.92 Å². The molecule has 0 spiro atoms. The summed E-state index contributed by atoms with van der Waals surface area (Å²) in [4.78, 5) is 0. The number of ether oxygens (including phenoxy) is 1. The third-order valence-electron chi connectivity index (χ3n) is 2.52.